The number of carbonyl (C=O) groups is 1. The van der Waals surface area contributed by atoms with Gasteiger partial charge in [-0.1, -0.05) is 47.2 Å². The average molecular weight is 441 g/mol. The molecule has 152 valence electrons. The van der Waals surface area contributed by atoms with Gasteiger partial charge in [0.15, 0.2) is 0 Å². The number of hydrogen-bond acceptors (Lipinski definition) is 7. The number of hydrogen-bond donors (Lipinski definition) is 1. The van der Waals surface area contributed by atoms with Gasteiger partial charge in [-0.3, -0.25) is 10.1 Å². The quantitative estimate of drug-likeness (QED) is 0.314. The number of ether oxygens (including phenoxy) is 2. The highest BCUT2D eigenvalue weighted by molar-refractivity contribution is 7.15. The Morgan fingerprint density at radius 2 is 1.90 bits per heavy atom. The van der Waals surface area contributed by atoms with Gasteiger partial charge in [-0.2, -0.15) is 5.26 Å². The number of aryl methyl sites for hydroxylation is 1. The van der Waals surface area contributed by atoms with Crippen molar-refractivity contribution in [2.45, 2.75) is 6.92 Å². The van der Waals surface area contributed by atoms with Crippen molar-refractivity contribution in [1.29, 1.82) is 5.26 Å². The molecule has 0 aliphatic carbocycles. The largest absolute Gasteiger partial charge is 0.490 e. The van der Waals surface area contributed by atoms with Crippen LogP contribution >= 0.6 is 22.9 Å². The molecule has 0 aliphatic heterocycles. The van der Waals surface area contributed by atoms with Gasteiger partial charge in [0.2, 0.25) is 5.13 Å². The number of benzene rings is 2. The second kappa shape index (κ2) is 10.4. The molecule has 1 N–H and O–H groups in total. The zero-order valence-corrected chi connectivity index (χ0v) is 17.5. The van der Waals surface area contributed by atoms with Gasteiger partial charge in [-0.15, -0.1) is 10.2 Å². The molecular formula is C21H17ClN4O3S. The second-order valence-corrected chi connectivity index (χ2v) is 7.54. The van der Waals surface area contributed by atoms with E-state index in [4.69, 9.17) is 21.1 Å². The summed E-state index contributed by atoms with van der Waals surface area (Å²) in [6, 6.07) is 16.1. The van der Waals surface area contributed by atoms with Crippen LogP contribution in [0.25, 0.3) is 6.08 Å². The van der Waals surface area contributed by atoms with E-state index in [1.54, 1.807) is 43.3 Å². The van der Waals surface area contributed by atoms with E-state index in [1.165, 1.54) is 17.4 Å². The molecule has 0 unspecified atom stereocenters. The maximum Gasteiger partial charge on any atom is 0.268 e. The minimum Gasteiger partial charge on any atom is -0.490 e. The highest BCUT2D eigenvalue weighted by Crippen LogP contribution is 2.23. The number of rotatable bonds is 8. The van der Waals surface area contributed by atoms with Crippen LogP contribution in [0.3, 0.4) is 0 Å². The predicted octanol–water partition coefficient (Wildman–Crippen LogP) is 4.50. The smallest absolute Gasteiger partial charge is 0.268 e. The Balaban J connectivity index is 1.53. The highest BCUT2D eigenvalue weighted by atomic mass is 35.5. The van der Waals surface area contributed by atoms with Gasteiger partial charge in [0.05, 0.1) is 5.02 Å². The van der Waals surface area contributed by atoms with Crippen molar-refractivity contribution < 1.29 is 14.3 Å². The van der Waals surface area contributed by atoms with E-state index in [-0.39, 0.29) is 5.57 Å². The summed E-state index contributed by atoms with van der Waals surface area (Å²) in [5.41, 5.74) is 0.652. The SMILES string of the molecule is Cc1nnc(NC(=O)C(C#N)=Cc2ccc(OCCOc3ccccc3Cl)cc2)s1. The molecule has 3 aromatic rings. The van der Waals surface area contributed by atoms with Gasteiger partial charge in [-0.25, -0.2) is 0 Å². The summed E-state index contributed by atoms with van der Waals surface area (Å²) >= 11 is 7.27. The van der Waals surface area contributed by atoms with Crippen molar-refractivity contribution in [3.63, 3.8) is 0 Å². The lowest BCUT2D eigenvalue weighted by molar-refractivity contribution is -0.112. The standard InChI is InChI=1S/C21H17ClN4O3S/c1-14-25-26-21(30-14)24-20(27)16(13-23)12-15-6-8-17(9-7-15)28-10-11-29-19-5-3-2-4-18(19)22/h2-9,12H,10-11H2,1H3,(H,24,26,27). The van der Waals surface area contributed by atoms with Crippen molar-refractivity contribution in [2.75, 3.05) is 18.5 Å². The summed E-state index contributed by atoms with van der Waals surface area (Å²) in [6.45, 7) is 2.46. The van der Waals surface area contributed by atoms with E-state index < -0.39 is 5.91 Å². The number of para-hydroxylation sites is 1. The van der Waals surface area contributed by atoms with Crippen LogP contribution in [0.5, 0.6) is 11.5 Å². The molecule has 1 heterocycles. The van der Waals surface area contributed by atoms with Gasteiger partial charge in [0.1, 0.15) is 41.4 Å². The van der Waals surface area contributed by atoms with E-state index in [0.717, 1.165) is 5.01 Å². The fourth-order valence-corrected chi connectivity index (χ4v) is 3.14. The maximum absolute atomic E-state index is 12.2. The third kappa shape index (κ3) is 6.04. The molecule has 30 heavy (non-hydrogen) atoms. The van der Waals surface area contributed by atoms with Crippen molar-refractivity contribution in [3.05, 3.63) is 69.7 Å². The summed E-state index contributed by atoms with van der Waals surface area (Å²) in [5, 5.41) is 21.1. The summed E-state index contributed by atoms with van der Waals surface area (Å²) in [4.78, 5) is 12.2. The first-order valence-corrected chi connectivity index (χ1v) is 10.1. The Morgan fingerprint density at radius 1 is 1.17 bits per heavy atom. The monoisotopic (exact) mass is 440 g/mol. The van der Waals surface area contributed by atoms with E-state index >= 15 is 0 Å². The molecule has 0 fully saturated rings. The van der Waals surface area contributed by atoms with Crippen LogP contribution in [-0.2, 0) is 4.79 Å². The van der Waals surface area contributed by atoms with Crippen molar-refractivity contribution in [2.24, 2.45) is 0 Å². The molecule has 3 rings (SSSR count). The summed E-state index contributed by atoms with van der Waals surface area (Å²) in [7, 11) is 0. The molecule has 1 aromatic heterocycles. The zero-order chi connectivity index (χ0) is 21.3. The summed E-state index contributed by atoms with van der Waals surface area (Å²) in [5.74, 6) is 0.710. The van der Waals surface area contributed by atoms with E-state index in [0.29, 0.717) is 40.4 Å². The third-order valence-electron chi connectivity index (χ3n) is 3.75. The van der Waals surface area contributed by atoms with Crippen LogP contribution in [0.1, 0.15) is 10.6 Å². The molecule has 1 amide bonds. The van der Waals surface area contributed by atoms with Crippen LogP contribution in [0.15, 0.2) is 54.1 Å². The third-order valence-corrected chi connectivity index (χ3v) is 4.82. The minimum atomic E-state index is -0.536. The highest BCUT2D eigenvalue weighted by Gasteiger charge is 2.12. The number of nitriles is 1. The Kier molecular flexibility index (Phi) is 7.38. The van der Waals surface area contributed by atoms with Crippen molar-refractivity contribution in [1.82, 2.24) is 10.2 Å². The molecule has 0 saturated heterocycles. The van der Waals surface area contributed by atoms with E-state index in [2.05, 4.69) is 15.5 Å². The molecule has 9 heteroatoms. The normalized spacial score (nSPS) is 10.9. The zero-order valence-electron chi connectivity index (χ0n) is 16.0. The molecule has 2 aromatic carbocycles. The summed E-state index contributed by atoms with van der Waals surface area (Å²) < 4.78 is 11.2. The molecular weight excluding hydrogens is 424 g/mol. The fraction of sp³-hybridized carbons (Fsp3) is 0.143. The van der Waals surface area contributed by atoms with Crippen LogP contribution in [0.4, 0.5) is 5.13 Å². The van der Waals surface area contributed by atoms with E-state index in [1.807, 2.05) is 18.2 Å². The topological polar surface area (TPSA) is 97.1 Å². The maximum atomic E-state index is 12.2. The molecule has 0 aliphatic rings. The van der Waals surface area contributed by atoms with Gasteiger partial charge < -0.3 is 9.47 Å². The number of anilines is 1. The van der Waals surface area contributed by atoms with Gasteiger partial charge >= 0.3 is 0 Å². The van der Waals surface area contributed by atoms with Crippen LogP contribution in [0, 0.1) is 18.3 Å². The van der Waals surface area contributed by atoms with Gasteiger partial charge in [0, 0.05) is 0 Å². The molecule has 7 nitrogen and oxygen atoms in total. The molecule has 0 bridgehead atoms. The van der Waals surface area contributed by atoms with Crippen molar-refractivity contribution >= 4 is 40.1 Å². The van der Waals surface area contributed by atoms with Crippen LogP contribution in [0.2, 0.25) is 5.02 Å². The first-order valence-electron chi connectivity index (χ1n) is 8.88. The number of carbonyl (C=O) groups excluding carboxylic acids is 1. The number of aromatic nitrogens is 2. The molecule has 0 radical (unpaired) electrons. The molecule has 0 spiro atoms. The lowest BCUT2D eigenvalue weighted by Gasteiger charge is -2.09. The first-order chi connectivity index (χ1) is 14.5. The lowest BCUT2D eigenvalue weighted by Crippen LogP contribution is -2.13. The number of nitrogens with one attached hydrogen (secondary N) is 1. The predicted molar refractivity (Wildman–Crippen MR) is 116 cm³/mol. The number of amides is 1. The molecule has 0 saturated carbocycles. The Bertz CT molecular complexity index is 1090. The molecule has 0 atom stereocenters. The van der Waals surface area contributed by atoms with E-state index in [9.17, 15) is 10.1 Å². The summed E-state index contributed by atoms with van der Waals surface area (Å²) in [6.07, 6.45) is 1.49. The van der Waals surface area contributed by atoms with Gasteiger partial charge in [0.25, 0.3) is 5.91 Å². The average Bonchev–Trinajstić information content (AvgIpc) is 3.16. The Morgan fingerprint density at radius 3 is 2.57 bits per heavy atom. The van der Waals surface area contributed by atoms with Crippen molar-refractivity contribution in [3.8, 4) is 17.6 Å². The first kappa shape index (κ1) is 21.3. The van der Waals surface area contributed by atoms with Crippen LogP contribution in [-0.4, -0.2) is 29.3 Å². The number of halogens is 1. The Labute approximate surface area is 182 Å². The fourth-order valence-electron chi connectivity index (χ4n) is 2.36. The lowest BCUT2D eigenvalue weighted by atomic mass is 10.1. The van der Waals surface area contributed by atoms with Crippen LogP contribution < -0.4 is 14.8 Å². The number of nitrogens with zero attached hydrogens (tertiary/aromatic N) is 3. The van der Waals surface area contributed by atoms with Gasteiger partial charge in [-0.05, 0) is 42.8 Å². The second-order valence-electron chi connectivity index (χ2n) is 5.95. The Hall–Kier alpha value is -3.41. The minimum absolute atomic E-state index is 0.0374.